The van der Waals surface area contributed by atoms with Crippen LogP contribution in [0.4, 0.5) is 22.7 Å². The lowest BCUT2D eigenvalue weighted by Gasteiger charge is -2.53. The minimum absolute atomic E-state index is 0.000837. The van der Waals surface area contributed by atoms with E-state index in [1.165, 1.54) is 120 Å². The van der Waals surface area contributed by atoms with E-state index in [-0.39, 0.29) is 17.8 Å². The topological polar surface area (TPSA) is 6.48 Å². The number of hydrogen-bond donors (Lipinski definition) is 0. The molecule has 0 aromatic heterocycles. The van der Waals surface area contributed by atoms with Gasteiger partial charge in [0.25, 0.3) is 0 Å². The maximum absolute atomic E-state index is 2.88. The van der Waals surface area contributed by atoms with Crippen LogP contribution in [0.15, 0.2) is 164 Å². The van der Waals surface area contributed by atoms with Crippen molar-refractivity contribution in [2.45, 2.75) is 50.5 Å². The Balaban J connectivity index is 1.24. The highest BCUT2D eigenvalue weighted by Gasteiger charge is 2.62. The van der Waals surface area contributed by atoms with Crippen LogP contribution in [0.25, 0.3) is 54.9 Å². The molecule has 1 fully saturated rings. The molecule has 55 heavy (non-hydrogen) atoms. The molecule has 2 atom stereocenters. The van der Waals surface area contributed by atoms with Crippen LogP contribution in [0, 0.1) is 0 Å². The maximum Gasteiger partial charge on any atom is 0.333 e. The Hall–Kier alpha value is -6.06. The third-order valence-electron chi connectivity index (χ3n) is 14.1. The number of benzene rings is 8. The highest BCUT2D eigenvalue weighted by atomic mass is 15.3. The smallest absolute Gasteiger partial charge is 0.333 e. The van der Waals surface area contributed by atoms with Crippen molar-refractivity contribution in [2.75, 3.05) is 9.71 Å². The van der Waals surface area contributed by atoms with Crippen molar-refractivity contribution in [3.05, 3.63) is 169 Å². The Kier molecular flexibility index (Phi) is 6.40. The predicted molar refractivity (Wildman–Crippen MR) is 234 cm³/mol. The fourth-order valence-electron chi connectivity index (χ4n) is 11.3. The first-order valence-electron chi connectivity index (χ1n) is 20.1. The first-order chi connectivity index (χ1) is 27.0. The molecule has 0 bridgehead atoms. The fraction of sp³-hybridized carbons (Fsp3) is 0.154. The summed E-state index contributed by atoms with van der Waals surface area (Å²) in [5, 5.41) is 5.25. The Bertz CT molecular complexity index is 2860. The SMILES string of the molecule is CC12CCCCC1(C)N1c3c(cc(-c4ccccc4)cc32)B2c3c(cc4ccccc4c31)-c1c(ccc3ccccc13)N2c1ccc(-c2ccccc2)cc1. The number of fused-ring (bicyclic) bond motifs is 11. The summed E-state index contributed by atoms with van der Waals surface area (Å²) in [5.74, 6) is 0. The van der Waals surface area contributed by atoms with E-state index in [1.54, 1.807) is 0 Å². The van der Waals surface area contributed by atoms with E-state index in [9.17, 15) is 0 Å². The van der Waals surface area contributed by atoms with Crippen molar-refractivity contribution >= 4 is 62.1 Å². The first-order valence-corrected chi connectivity index (χ1v) is 20.1. The summed E-state index contributed by atoms with van der Waals surface area (Å²) >= 11 is 0. The summed E-state index contributed by atoms with van der Waals surface area (Å²) in [5.41, 5.74) is 17.4. The van der Waals surface area contributed by atoms with Gasteiger partial charge in [-0.2, -0.15) is 0 Å². The summed E-state index contributed by atoms with van der Waals surface area (Å²) in [6.07, 6.45) is 4.88. The van der Waals surface area contributed by atoms with Crippen LogP contribution >= 0.6 is 0 Å². The molecule has 2 nitrogen and oxygen atoms in total. The highest BCUT2D eigenvalue weighted by molar-refractivity contribution is 6.94. The van der Waals surface area contributed by atoms with E-state index < -0.39 is 0 Å². The van der Waals surface area contributed by atoms with E-state index >= 15 is 0 Å². The van der Waals surface area contributed by atoms with Crippen molar-refractivity contribution in [3.8, 4) is 33.4 Å². The summed E-state index contributed by atoms with van der Waals surface area (Å²) in [6, 6.07) is 61.8. The molecule has 8 aromatic carbocycles. The molecule has 8 aromatic rings. The molecular formula is C52H41BN2. The third kappa shape index (κ3) is 4.11. The van der Waals surface area contributed by atoms with Gasteiger partial charge >= 0.3 is 6.85 Å². The van der Waals surface area contributed by atoms with Crippen LogP contribution in [0.2, 0.25) is 0 Å². The van der Waals surface area contributed by atoms with Gasteiger partial charge in [0.2, 0.25) is 0 Å². The zero-order chi connectivity index (χ0) is 36.5. The molecule has 0 spiro atoms. The second kappa shape index (κ2) is 11.2. The molecule has 4 aliphatic rings. The molecule has 3 heterocycles. The number of hydrogen-bond acceptors (Lipinski definition) is 2. The van der Waals surface area contributed by atoms with Crippen LogP contribution in [0.5, 0.6) is 0 Å². The third-order valence-corrected chi connectivity index (χ3v) is 14.1. The molecule has 0 amide bonds. The lowest BCUT2D eigenvalue weighted by molar-refractivity contribution is 0.195. The molecular weight excluding hydrogens is 663 g/mol. The van der Waals surface area contributed by atoms with E-state index in [2.05, 4.69) is 187 Å². The van der Waals surface area contributed by atoms with Gasteiger partial charge in [0.1, 0.15) is 0 Å². The normalized spacial score (nSPS) is 20.3. The monoisotopic (exact) mass is 704 g/mol. The Morgan fingerprint density at radius 3 is 1.93 bits per heavy atom. The second-order valence-electron chi connectivity index (χ2n) is 16.7. The fourth-order valence-corrected chi connectivity index (χ4v) is 11.3. The Morgan fingerprint density at radius 2 is 1.16 bits per heavy atom. The number of rotatable bonds is 3. The standard InChI is InChI=1S/C52H41BN2/c1-51-29-13-14-30-52(51,2)54-49-42-22-12-10-20-38(42)31-43-47-41-21-11-9-19-37(41)25-28-46(47)55(40-26-23-36(24-27-40)34-15-5-3-6-16-34)53(48(43)49)45-33-39(32-44(51)50(45)54)35-17-7-4-8-18-35/h3-12,15-28,31-33H,13-14,29-30H2,1-2H3. The molecule has 3 heteroatoms. The van der Waals surface area contributed by atoms with Gasteiger partial charge in [-0.1, -0.05) is 153 Å². The lowest BCUT2D eigenvalue weighted by Crippen LogP contribution is -2.64. The lowest BCUT2D eigenvalue weighted by atomic mass is 9.43. The predicted octanol–water partition coefficient (Wildman–Crippen LogP) is 12.3. The molecule has 2 unspecified atom stereocenters. The van der Waals surface area contributed by atoms with Gasteiger partial charge in [-0.15, -0.1) is 0 Å². The quantitative estimate of drug-likeness (QED) is 0.169. The van der Waals surface area contributed by atoms with Crippen LogP contribution < -0.4 is 20.6 Å². The number of nitrogens with zero attached hydrogens (tertiary/aromatic N) is 2. The average molecular weight is 705 g/mol. The van der Waals surface area contributed by atoms with Gasteiger partial charge in [-0.05, 0) is 111 Å². The van der Waals surface area contributed by atoms with Crippen LogP contribution in [0.1, 0.15) is 45.1 Å². The van der Waals surface area contributed by atoms with Gasteiger partial charge in [-0.25, -0.2) is 0 Å². The van der Waals surface area contributed by atoms with E-state index in [0.29, 0.717) is 0 Å². The molecule has 3 aliphatic heterocycles. The van der Waals surface area contributed by atoms with E-state index in [4.69, 9.17) is 0 Å². The molecule has 262 valence electrons. The molecule has 12 rings (SSSR count). The molecule has 1 aliphatic carbocycles. The second-order valence-corrected chi connectivity index (χ2v) is 16.7. The van der Waals surface area contributed by atoms with Crippen molar-refractivity contribution in [3.63, 3.8) is 0 Å². The largest absolute Gasteiger partial charge is 0.376 e. The zero-order valence-electron chi connectivity index (χ0n) is 31.4. The van der Waals surface area contributed by atoms with E-state index in [0.717, 1.165) is 0 Å². The summed E-state index contributed by atoms with van der Waals surface area (Å²) in [6.45, 7) is 5.17. The van der Waals surface area contributed by atoms with Crippen LogP contribution in [-0.2, 0) is 5.41 Å². The Labute approximate surface area is 323 Å². The average Bonchev–Trinajstić information content (AvgIpc) is 3.45. The first kappa shape index (κ1) is 31.3. The van der Waals surface area contributed by atoms with Crippen molar-refractivity contribution < 1.29 is 0 Å². The van der Waals surface area contributed by atoms with Gasteiger partial charge in [0.05, 0.1) is 5.54 Å². The van der Waals surface area contributed by atoms with Gasteiger partial charge in [0, 0.05) is 39.1 Å². The van der Waals surface area contributed by atoms with E-state index in [1.807, 2.05) is 0 Å². The van der Waals surface area contributed by atoms with Gasteiger partial charge in [-0.3, -0.25) is 0 Å². The zero-order valence-corrected chi connectivity index (χ0v) is 31.4. The highest BCUT2D eigenvalue weighted by Crippen LogP contribution is 2.63. The molecule has 1 saturated carbocycles. The van der Waals surface area contributed by atoms with Crippen LogP contribution in [-0.4, -0.2) is 12.4 Å². The van der Waals surface area contributed by atoms with Crippen molar-refractivity contribution in [1.29, 1.82) is 0 Å². The van der Waals surface area contributed by atoms with Crippen molar-refractivity contribution in [1.82, 2.24) is 0 Å². The van der Waals surface area contributed by atoms with Crippen LogP contribution in [0.3, 0.4) is 0 Å². The molecule has 0 saturated heterocycles. The van der Waals surface area contributed by atoms with Gasteiger partial charge in [0.15, 0.2) is 0 Å². The van der Waals surface area contributed by atoms with Gasteiger partial charge < -0.3 is 9.71 Å². The summed E-state index contributed by atoms with van der Waals surface area (Å²) in [7, 11) is 0. The Morgan fingerprint density at radius 1 is 0.527 bits per heavy atom. The summed E-state index contributed by atoms with van der Waals surface area (Å²) in [4.78, 5) is 5.58. The number of anilines is 4. The molecule has 0 radical (unpaired) electrons. The van der Waals surface area contributed by atoms with Crippen molar-refractivity contribution in [2.24, 2.45) is 0 Å². The minimum Gasteiger partial charge on any atom is -0.376 e. The minimum atomic E-state index is -0.0678. The summed E-state index contributed by atoms with van der Waals surface area (Å²) < 4.78 is 0. The molecule has 0 N–H and O–H groups in total. The maximum atomic E-state index is 2.88.